The van der Waals surface area contributed by atoms with Gasteiger partial charge in [0.2, 0.25) is 0 Å². The molecule has 1 aliphatic rings. The van der Waals surface area contributed by atoms with Crippen LogP contribution in [0.5, 0.6) is 0 Å². The van der Waals surface area contributed by atoms with Gasteiger partial charge in [-0.2, -0.15) is 0 Å². The molecule has 3 nitrogen and oxygen atoms in total. The molecule has 4 heteroatoms. The summed E-state index contributed by atoms with van der Waals surface area (Å²) in [5, 5.41) is 0. The third-order valence-corrected chi connectivity index (χ3v) is 1.73. The molecular formula is C7H13NO2S. The van der Waals surface area contributed by atoms with Crippen molar-refractivity contribution in [2.45, 2.75) is 18.9 Å². The van der Waals surface area contributed by atoms with E-state index in [0.29, 0.717) is 11.1 Å². The number of hydrogen-bond acceptors (Lipinski definition) is 3. The van der Waals surface area contributed by atoms with Crippen molar-refractivity contribution in [1.29, 1.82) is 0 Å². The van der Waals surface area contributed by atoms with Gasteiger partial charge in [0.1, 0.15) is 6.10 Å². The van der Waals surface area contributed by atoms with Gasteiger partial charge in [-0.3, -0.25) is 0 Å². The second kappa shape index (κ2) is 4.64. The molecule has 0 unspecified atom stereocenters. The van der Waals surface area contributed by atoms with E-state index in [1.807, 2.05) is 0 Å². The van der Waals surface area contributed by atoms with Crippen LogP contribution in [0.15, 0.2) is 0 Å². The number of hydrogen-bond donors (Lipinski definition) is 1. The normalized spacial score (nSPS) is 17.8. The monoisotopic (exact) mass is 175 g/mol. The maximum absolute atomic E-state index is 5.39. The molecule has 0 saturated carbocycles. The summed E-state index contributed by atoms with van der Waals surface area (Å²) >= 11 is 4.71. The predicted molar refractivity (Wildman–Crippen MR) is 46.6 cm³/mol. The maximum atomic E-state index is 5.39. The Balaban J connectivity index is 1.83. The highest BCUT2D eigenvalue weighted by Gasteiger charge is 2.17. The minimum Gasteiger partial charge on any atom is -0.393 e. The highest BCUT2D eigenvalue weighted by atomic mass is 32.1. The molecule has 0 aliphatic carbocycles. The molecule has 11 heavy (non-hydrogen) atoms. The van der Waals surface area contributed by atoms with E-state index in [-0.39, 0.29) is 0 Å². The molecule has 0 atom stereocenters. The van der Waals surface area contributed by atoms with Crippen molar-refractivity contribution in [3.05, 3.63) is 0 Å². The molecule has 0 aromatic carbocycles. The minimum atomic E-state index is 0.321. The van der Waals surface area contributed by atoms with Gasteiger partial charge in [-0.1, -0.05) is 12.2 Å². The number of thiocarbonyl (C=S) groups is 1. The van der Waals surface area contributed by atoms with Crippen molar-refractivity contribution in [1.82, 2.24) is 0 Å². The highest BCUT2D eigenvalue weighted by molar-refractivity contribution is 7.80. The molecular weight excluding hydrogens is 162 g/mol. The Bertz CT molecular complexity index is 136. The second-order valence-electron chi connectivity index (χ2n) is 2.60. The first-order chi connectivity index (χ1) is 5.29. The first-order valence-corrected chi connectivity index (χ1v) is 4.17. The Morgan fingerprint density at radius 2 is 2.36 bits per heavy atom. The molecule has 1 saturated heterocycles. The van der Waals surface area contributed by atoms with Crippen LogP contribution in [0.4, 0.5) is 0 Å². The molecule has 1 fully saturated rings. The minimum absolute atomic E-state index is 0.321. The average Bonchev–Trinajstić information content (AvgIpc) is 1.82. The molecule has 1 aliphatic heterocycles. The summed E-state index contributed by atoms with van der Waals surface area (Å²) in [6, 6.07) is 0. The summed E-state index contributed by atoms with van der Waals surface area (Å²) in [5.74, 6) is 0. The van der Waals surface area contributed by atoms with Crippen molar-refractivity contribution in [2.75, 3.05) is 19.8 Å². The van der Waals surface area contributed by atoms with E-state index in [1.54, 1.807) is 0 Å². The lowest BCUT2D eigenvalue weighted by molar-refractivity contribution is -0.129. The molecule has 1 rings (SSSR count). The predicted octanol–water partition coefficient (Wildman–Crippen LogP) is 0.468. The van der Waals surface area contributed by atoms with Gasteiger partial charge < -0.3 is 15.2 Å². The second-order valence-corrected chi connectivity index (χ2v) is 3.12. The summed E-state index contributed by atoms with van der Waals surface area (Å²) in [4.78, 5) is 0.568. The molecule has 2 N–H and O–H groups in total. The maximum Gasteiger partial charge on any atom is 0.104 e. The van der Waals surface area contributed by atoms with E-state index in [9.17, 15) is 0 Å². The van der Waals surface area contributed by atoms with Crippen molar-refractivity contribution in [3.63, 3.8) is 0 Å². The van der Waals surface area contributed by atoms with Gasteiger partial charge in [0.15, 0.2) is 0 Å². The van der Waals surface area contributed by atoms with E-state index in [0.717, 1.165) is 32.7 Å². The Hall–Kier alpha value is -0.190. The molecule has 64 valence electrons. The molecule has 0 aromatic heterocycles. The summed E-state index contributed by atoms with van der Waals surface area (Å²) in [7, 11) is 0. The van der Waals surface area contributed by atoms with Gasteiger partial charge in [0, 0.05) is 6.61 Å². The van der Waals surface area contributed by atoms with Crippen LogP contribution < -0.4 is 5.73 Å². The largest absolute Gasteiger partial charge is 0.393 e. The molecule has 0 spiro atoms. The molecule has 0 aromatic rings. The summed E-state index contributed by atoms with van der Waals surface area (Å²) in [6.07, 6.45) is 2.02. The van der Waals surface area contributed by atoms with Crippen LogP contribution in [0, 0.1) is 0 Å². The zero-order chi connectivity index (χ0) is 8.10. The molecule has 0 bridgehead atoms. The lowest BCUT2D eigenvalue weighted by Gasteiger charge is -2.25. The van der Waals surface area contributed by atoms with E-state index >= 15 is 0 Å². The highest BCUT2D eigenvalue weighted by Crippen LogP contribution is 2.05. The topological polar surface area (TPSA) is 44.5 Å². The number of nitrogens with two attached hydrogens (primary N) is 1. The quantitative estimate of drug-likeness (QED) is 0.487. The molecule has 1 heterocycles. The first-order valence-electron chi connectivity index (χ1n) is 3.76. The van der Waals surface area contributed by atoms with Gasteiger partial charge >= 0.3 is 0 Å². The van der Waals surface area contributed by atoms with Crippen LogP contribution in [0.3, 0.4) is 0 Å². The summed E-state index contributed by atoms with van der Waals surface area (Å²) in [6.45, 7) is 2.23. The average molecular weight is 175 g/mol. The lowest BCUT2D eigenvalue weighted by atomic mass is 10.3. The van der Waals surface area contributed by atoms with E-state index in [4.69, 9.17) is 27.4 Å². The van der Waals surface area contributed by atoms with Gasteiger partial charge in [-0.05, 0) is 12.8 Å². The Labute approximate surface area is 71.8 Å². The smallest absolute Gasteiger partial charge is 0.104 e. The van der Waals surface area contributed by atoms with Crippen LogP contribution in [0.2, 0.25) is 0 Å². The van der Waals surface area contributed by atoms with Gasteiger partial charge in [0.05, 0.1) is 18.2 Å². The van der Waals surface area contributed by atoms with Crippen LogP contribution in [0.25, 0.3) is 0 Å². The van der Waals surface area contributed by atoms with Crippen LogP contribution in [0.1, 0.15) is 12.8 Å². The summed E-state index contributed by atoms with van der Waals surface area (Å²) < 4.78 is 10.3. The Morgan fingerprint density at radius 1 is 1.64 bits per heavy atom. The zero-order valence-electron chi connectivity index (χ0n) is 6.41. The van der Waals surface area contributed by atoms with E-state index < -0.39 is 0 Å². The first kappa shape index (κ1) is 8.90. The van der Waals surface area contributed by atoms with Crippen LogP contribution >= 0.6 is 12.2 Å². The fourth-order valence-corrected chi connectivity index (χ4v) is 0.951. The van der Waals surface area contributed by atoms with Crippen molar-refractivity contribution < 1.29 is 9.47 Å². The fraction of sp³-hybridized carbons (Fsp3) is 0.857. The van der Waals surface area contributed by atoms with Crippen LogP contribution in [-0.4, -0.2) is 30.9 Å². The van der Waals surface area contributed by atoms with Crippen LogP contribution in [-0.2, 0) is 9.47 Å². The lowest BCUT2D eigenvalue weighted by Crippen LogP contribution is -2.36. The van der Waals surface area contributed by atoms with E-state index in [1.165, 1.54) is 0 Å². The third-order valence-electron chi connectivity index (χ3n) is 1.53. The zero-order valence-corrected chi connectivity index (χ0v) is 7.23. The number of ether oxygens (including phenoxy) is 2. The van der Waals surface area contributed by atoms with Gasteiger partial charge in [-0.25, -0.2) is 0 Å². The van der Waals surface area contributed by atoms with Crippen molar-refractivity contribution in [3.8, 4) is 0 Å². The third kappa shape index (κ3) is 3.65. The SMILES string of the molecule is NC(=S)CCCOC1COC1. The standard InChI is InChI=1S/C7H13NO2S/c8-7(11)2-1-3-10-6-4-9-5-6/h6H,1-5H2,(H2,8,11). The Kier molecular flexibility index (Phi) is 3.76. The fourth-order valence-electron chi connectivity index (χ4n) is 0.807. The Morgan fingerprint density at radius 3 is 2.82 bits per heavy atom. The van der Waals surface area contributed by atoms with E-state index in [2.05, 4.69) is 0 Å². The molecule has 0 amide bonds. The summed E-state index contributed by atoms with van der Waals surface area (Å²) in [5.41, 5.74) is 5.31. The van der Waals surface area contributed by atoms with Gasteiger partial charge in [-0.15, -0.1) is 0 Å². The molecule has 0 radical (unpaired) electrons. The van der Waals surface area contributed by atoms with Crippen molar-refractivity contribution >= 4 is 17.2 Å². The van der Waals surface area contributed by atoms with Crippen molar-refractivity contribution in [2.24, 2.45) is 5.73 Å². The number of rotatable bonds is 5. The van der Waals surface area contributed by atoms with Gasteiger partial charge in [0.25, 0.3) is 0 Å².